The van der Waals surface area contributed by atoms with Crippen LogP contribution >= 0.6 is 11.9 Å². The topological polar surface area (TPSA) is 12.0 Å². The average molecular weight is 269 g/mol. The number of hydrogen-bond donors (Lipinski definition) is 1. The second-order valence-corrected chi connectivity index (χ2v) is 4.10. The minimum Gasteiger partial charge on any atom is -0.252 e. The van der Waals surface area contributed by atoms with Crippen molar-refractivity contribution < 1.29 is 0 Å². The molecule has 1 atom stereocenters. The molecule has 0 saturated heterocycles. The fraction of sp³-hybridized carbons (Fsp3) is 0.625. The molecule has 0 saturated carbocycles. The Labute approximate surface area is 119 Å². The molecule has 1 aromatic carbocycles. The van der Waals surface area contributed by atoms with E-state index in [0.717, 1.165) is 0 Å². The summed E-state index contributed by atoms with van der Waals surface area (Å²) >= 11 is 1.76. The molecule has 2 heteroatoms. The highest BCUT2D eigenvalue weighted by atomic mass is 32.2. The Morgan fingerprint density at radius 1 is 1.06 bits per heavy atom. The second-order valence-electron chi connectivity index (χ2n) is 3.22. The molecule has 0 aliphatic carbocycles. The van der Waals surface area contributed by atoms with Crippen molar-refractivity contribution in [1.29, 1.82) is 0 Å². The van der Waals surface area contributed by atoms with Crippen LogP contribution < -0.4 is 4.72 Å². The zero-order valence-electron chi connectivity index (χ0n) is 13.4. The molecule has 2 rings (SSSR count). The van der Waals surface area contributed by atoms with E-state index in [-0.39, 0.29) is 0 Å². The summed E-state index contributed by atoms with van der Waals surface area (Å²) in [6, 6.07) is 7.24. The number of aryl methyl sites for hydroxylation is 1. The zero-order valence-corrected chi connectivity index (χ0v) is 14.2. The van der Waals surface area contributed by atoms with Crippen molar-refractivity contribution in [1.82, 2.24) is 4.72 Å². The van der Waals surface area contributed by atoms with E-state index in [2.05, 4.69) is 36.8 Å². The molecule has 1 nitrogen and oxygen atoms in total. The molecule has 0 aromatic heterocycles. The van der Waals surface area contributed by atoms with Crippen molar-refractivity contribution in [2.24, 2.45) is 0 Å². The molecule has 0 amide bonds. The van der Waals surface area contributed by atoms with E-state index in [1.165, 1.54) is 22.4 Å². The normalized spacial score (nSPS) is 15.0. The molecule has 18 heavy (non-hydrogen) atoms. The minimum absolute atomic E-state index is 0.561. The molecular weight excluding hydrogens is 238 g/mol. The molecule has 0 spiro atoms. The lowest BCUT2D eigenvalue weighted by molar-refractivity contribution is 0.660. The number of hydrogen-bond acceptors (Lipinski definition) is 2. The van der Waals surface area contributed by atoms with Crippen LogP contribution in [0.4, 0.5) is 0 Å². The third kappa shape index (κ3) is 5.92. The van der Waals surface area contributed by atoms with Gasteiger partial charge in [-0.3, -0.25) is 4.72 Å². The maximum atomic E-state index is 3.42. The van der Waals surface area contributed by atoms with Crippen molar-refractivity contribution >= 4 is 11.9 Å². The lowest BCUT2D eigenvalue weighted by Crippen LogP contribution is -2.05. The molecule has 1 unspecified atom stereocenters. The summed E-state index contributed by atoms with van der Waals surface area (Å²) in [4.78, 5) is 1.40. The SMILES string of the molecule is CC.CC.CC.CCC1NSc2cc(C)ccc21. The molecule has 1 aliphatic rings. The van der Waals surface area contributed by atoms with E-state index in [0.29, 0.717) is 6.04 Å². The Kier molecular flexibility index (Phi) is 14.3. The van der Waals surface area contributed by atoms with Gasteiger partial charge in [0.05, 0.1) is 0 Å². The number of benzene rings is 1. The van der Waals surface area contributed by atoms with Crippen LogP contribution in [0.15, 0.2) is 23.1 Å². The van der Waals surface area contributed by atoms with Gasteiger partial charge in [-0.05, 0) is 42.5 Å². The molecule has 106 valence electrons. The quantitative estimate of drug-likeness (QED) is 0.615. The van der Waals surface area contributed by atoms with Crippen LogP contribution in [0.2, 0.25) is 0 Å². The zero-order chi connectivity index (χ0) is 14.6. The third-order valence-electron chi connectivity index (χ3n) is 2.26. The van der Waals surface area contributed by atoms with E-state index in [1.807, 2.05) is 41.5 Å². The average Bonchev–Trinajstić information content (AvgIpc) is 2.87. The molecule has 1 aromatic rings. The van der Waals surface area contributed by atoms with Gasteiger partial charge in [0.15, 0.2) is 0 Å². The molecule has 1 aliphatic heterocycles. The predicted molar refractivity (Wildman–Crippen MR) is 87.2 cm³/mol. The highest BCUT2D eigenvalue weighted by Gasteiger charge is 2.20. The Morgan fingerprint density at radius 2 is 1.61 bits per heavy atom. The van der Waals surface area contributed by atoms with Crippen molar-refractivity contribution in [3.05, 3.63) is 29.3 Å². The van der Waals surface area contributed by atoms with E-state index in [1.54, 1.807) is 11.9 Å². The van der Waals surface area contributed by atoms with Crippen LogP contribution in [0.1, 0.15) is 72.1 Å². The summed E-state index contributed by atoms with van der Waals surface area (Å²) in [6.45, 7) is 16.4. The number of fused-ring (bicyclic) bond motifs is 1. The third-order valence-corrected chi connectivity index (χ3v) is 3.24. The van der Waals surface area contributed by atoms with E-state index in [9.17, 15) is 0 Å². The smallest absolute Gasteiger partial charge is 0.0433 e. The van der Waals surface area contributed by atoms with Gasteiger partial charge in [0.1, 0.15) is 0 Å². The Morgan fingerprint density at radius 3 is 2.11 bits per heavy atom. The number of nitrogens with one attached hydrogen (secondary N) is 1. The van der Waals surface area contributed by atoms with E-state index >= 15 is 0 Å². The molecule has 1 N–H and O–H groups in total. The largest absolute Gasteiger partial charge is 0.252 e. The maximum absolute atomic E-state index is 3.42. The highest BCUT2D eigenvalue weighted by molar-refractivity contribution is 7.97. The Balaban J connectivity index is 0. The van der Waals surface area contributed by atoms with Crippen LogP contribution in [0.3, 0.4) is 0 Å². The Hall–Kier alpha value is -0.470. The van der Waals surface area contributed by atoms with Gasteiger partial charge in [0.2, 0.25) is 0 Å². The lowest BCUT2D eigenvalue weighted by atomic mass is 10.0. The summed E-state index contributed by atoms with van der Waals surface area (Å²) in [7, 11) is 0. The summed E-state index contributed by atoms with van der Waals surface area (Å²) < 4.78 is 3.42. The fourth-order valence-electron chi connectivity index (χ4n) is 1.52. The van der Waals surface area contributed by atoms with Crippen LogP contribution in [0, 0.1) is 6.92 Å². The summed E-state index contributed by atoms with van der Waals surface area (Å²) in [5.74, 6) is 0. The molecule has 0 fully saturated rings. The fourth-order valence-corrected chi connectivity index (χ4v) is 2.66. The van der Waals surface area contributed by atoms with Crippen molar-refractivity contribution in [3.8, 4) is 0 Å². The first kappa shape index (κ1) is 19.9. The predicted octanol–water partition coefficient (Wildman–Crippen LogP) is 6.14. The van der Waals surface area contributed by atoms with Crippen molar-refractivity contribution in [2.45, 2.75) is 72.7 Å². The summed E-state index contributed by atoms with van der Waals surface area (Å²) in [5.41, 5.74) is 2.81. The minimum atomic E-state index is 0.561. The van der Waals surface area contributed by atoms with Gasteiger partial charge < -0.3 is 0 Å². The highest BCUT2D eigenvalue weighted by Crippen LogP contribution is 2.36. The number of rotatable bonds is 1. The molecule has 0 bridgehead atoms. The van der Waals surface area contributed by atoms with Gasteiger partial charge in [-0.1, -0.05) is 60.6 Å². The van der Waals surface area contributed by atoms with E-state index in [4.69, 9.17) is 0 Å². The first-order chi connectivity index (χ1) is 8.81. The first-order valence-corrected chi connectivity index (χ1v) is 8.16. The Bertz CT molecular complexity index is 297. The summed E-state index contributed by atoms with van der Waals surface area (Å²) in [5, 5.41) is 0. The van der Waals surface area contributed by atoms with Gasteiger partial charge in [0.25, 0.3) is 0 Å². The molecule has 0 radical (unpaired) electrons. The van der Waals surface area contributed by atoms with Gasteiger partial charge in [-0.15, -0.1) is 0 Å². The maximum Gasteiger partial charge on any atom is 0.0433 e. The van der Waals surface area contributed by atoms with Crippen molar-refractivity contribution in [3.63, 3.8) is 0 Å². The van der Waals surface area contributed by atoms with Crippen molar-refractivity contribution in [2.75, 3.05) is 0 Å². The van der Waals surface area contributed by atoms with Crippen LogP contribution in [0.25, 0.3) is 0 Å². The van der Waals surface area contributed by atoms with Crippen LogP contribution in [-0.2, 0) is 0 Å². The standard InChI is InChI=1S/C10H13NS.3C2H6/c1-3-9-8-5-4-7(2)6-10(8)12-11-9;3*1-2/h4-6,9,11H,3H2,1-2H3;3*1-2H3. The first-order valence-electron chi connectivity index (χ1n) is 7.34. The van der Waals surface area contributed by atoms with Crippen LogP contribution in [0.5, 0.6) is 0 Å². The van der Waals surface area contributed by atoms with Gasteiger partial charge >= 0.3 is 0 Å². The van der Waals surface area contributed by atoms with Gasteiger partial charge in [0, 0.05) is 10.9 Å². The second kappa shape index (κ2) is 13.0. The molecular formula is C16H31NS. The van der Waals surface area contributed by atoms with Gasteiger partial charge in [-0.25, -0.2) is 0 Å². The monoisotopic (exact) mass is 269 g/mol. The van der Waals surface area contributed by atoms with E-state index < -0.39 is 0 Å². The summed E-state index contributed by atoms with van der Waals surface area (Å²) in [6.07, 6.45) is 1.17. The van der Waals surface area contributed by atoms with Crippen LogP contribution in [-0.4, -0.2) is 0 Å². The molecule has 1 heterocycles. The lowest BCUT2D eigenvalue weighted by Gasteiger charge is -2.06. The van der Waals surface area contributed by atoms with Gasteiger partial charge in [-0.2, -0.15) is 0 Å².